The normalized spacial score (nSPS) is 19.7. The van der Waals surface area contributed by atoms with Gasteiger partial charge in [0.15, 0.2) is 6.61 Å². The van der Waals surface area contributed by atoms with Crippen molar-refractivity contribution < 1.29 is 24.2 Å². The summed E-state index contributed by atoms with van der Waals surface area (Å²) in [4.78, 5) is 23.3. The Balaban J connectivity index is 1.68. The number of halogens is 1. The molecule has 1 unspecified atom stereocenters. The zero-order valence-electron chi connectivity index (χ0n) is 13.5. The van der Waals surface area contributed by atoms with Gasteiger partial charge in [-0.15, -0.1) is 0 Å². The van der Waals surface area contributed by atoms with Crippen molar-refractivity contribution in [2.75, 3.05) is 19.8 Å². The number of benzene rings is 2. The van der Waals surface area contributed by atoms with Crippen LogP contribution in [0.25, 0.3) is 10.8 Å². The molecule has 2 aromatic carbocycles. The molecule has 2 aromatic rings. The van der Waals surface area contributed by atoms with E-state index < -0.39 is 11.5 Å². The zero-order valence-corrected chi connectivity index (χ0v) is 14.2. The molecular formula is C18H18ClNO5. The second-order valence-corrected chi connectivity index (χ2v) is 6.49. The van der Waals surface area contributed by atoms with E-state index >= 15 is 0 Å². The molecule has 0 spiro atoms. The maximum atomic E-state index is 12.3. The lowest BCUT2D eigenvalue weighted by Gasteiger charge is -2.27. The summed E-state index contributed by atoms with van der Waals surface area (Å²) in [5.41, 5.74) is -0.867. The first-order valence-corrected chi connectivity index (χ1v) is 8.27. The lowest BCUT2D eigenvalue weighted by Crippen LogP contribution is -2.51. The van der Waals surface area contributed by atoms with Crippen LogP contribution >= 0.6 is 11.6 Å². The van der Waals surface area contributed by atoms with Crippen molar-refractivity contribution in [1.82, 2.24) is 5.32 Å². The van der Waals surface area contributed by atoms with Crippen molar-refractivity contribution in [2.45, 2.75) is 18.4 Å². The number of hydrogen-bond donors (Lipinski definition) is 2. The Hall–Kier alpha value is -2.31. The summed E-state index contributed by atoms with van der Waals surface area (Å²) in [7, 11) is 0. The maximum absolute atomic E-state index is 12.3. The molecular weight excluding hydrogens is 346 g/mol. The second-order valence-electron chi connectivity index (χ2n) is 6.08. The van der Waals surface area contributed by atoms with Crippen molar-refractivity contribution in [1.29, 1.82) is 0 Å². The van der Waals surface area contributed by atoms with Crippen molar-refractivity contribution in [3.05, 3.63) is 41.4 Å². The lowest BCUT2D eigenvalue weighted by atomic mass is 9.94. The Kier molecular flexibility index (Phi) is 5.11. The van der Waals surface area contributed by atoms with Crippen molar-refractivity contribution in [2.24, 2.45) is 0 Å². The Morgan fingerprint density at radius 3 is 2.68 bits per heavy atom. The Labute approximate surface area is 149 Å². The van der Waals surface area contributed by atoms with Crippen LogP contribution in [-0.4, -0.2) is 42.3 Å². The van der Waals surface area contributed by atoms with Crippen molar-refractivity contribution in [3.63, 3.8) is 0 Å². The molecule has 2 N–H and O–H groups in total. The highest BCUT2D eigenvalue weighted by molar-refractivity contribution is 6.35. The minimum absolute atomic E-state index is 0.178. The fourth-order valence-corrected chi connectivity index (χ4v) is 3.24. The van der Waals surface area contributed by atoms with Crippen molar-refractivity contribution >= 4 is 34.2 Å². The Morgan fingerprint density at radius 2 is 2.00 bits per heavy atom. The summed E-state index contributed by atoms with van der Waals surface area (Å²) >= 11 is 6.17. The quantitative estimate of drug-likeness (QED) is 0.824. The average molecular weight is 364 g/mol. The van der Waals surface area contributed by atoms with Crippen molar-refractivity contribution in [3.8, 4) is 5.75 Å². The van der Waals surface area contributed by atoms with E-state index in [0.717, 1.165) is 10.8 Å². The van der Waals surface area contributed by atoms with Crippen LogP contribution in [0.2, 0.25) is 5.02 Å². The topological polar surface area (TPSA) is 84.9 Å². The van der Waals surface area contributed by atoms with E-state index in [4.69, 9.17) is 26.2 Å². The number of ether oxygens (including phenoxy) is 2. The first-order chi connectivity index (χ1) is 12.0. The molecule has 0 bridgehead atoms. The van der Waals surface area contributed by atoms with Crippen LogP contribution in [0.3, 0.4) is 0 Å². The van der Waals surface area contributed by atoms with Gasteiger partial charge in [-0.3, -0.25) is 9.59 Å². The molecule has 1 aliphatic rings. The first-order valence-electron chi connectivity index (χ1n) is 7.90. The van der Waals surface area contributed by atoms with Crippen LogP contribution in [-0.2, 0) is 14.3 Å². The number of amides is 1. The number of carbonyl (C=O) groups is 2. The second kappa shape index (κ2) is 7.29. The summed E-state index contributed by atoms with van der Waals surface area (Å²) in [6, 6.07) is 10.9. The SMILES string of the molecule is O=C(O)CC1(NC(=O)COc2ccc(Cl)c3ccccc23)CCOC1. The van der Waals surface area contributed by atoms with E-state index in [1.807, 2.05) is 24.3 Å². The molecule has 6 nitrogen and oxygen atoms in total. The molecule has 0 aromatic heterocycles. The summed E-state index contributed by atoms with van der Waals surface area (Å²) in [6.07, 6.45) is 0.289. The van der Waals surface area contributed by atoms with E-state index in [2.05, 4.69) is 5.32 Å². The molecule has 1 amide bonds. The van der Waals surface area contributed by atoms with Gasteiger partial charge in [-0.05, 0) is 18.6 Å². The molecule has 3 rings (SSSR count). The number of carbonyl (C=O) groups excluding carboxylic acids is 1. The minimum Gasteiger partial charge on any atom is -0.483 e. The number of aliphatic carboxylic acids is 1. The smallest absolute Gasteiger partial charge is 0.305 e. The van der Waals surface area contributed by atoms with E-state index in [0.29, 0.717) is 23.8 Å². The van der Waals surface area contributed by atoms with Gasteiger partial charge in [-0.25, -0.2) is 0 Å². The summed E-state index contributed by atoms with van der Waals surface area (Å²) < 4.78 is 10.9. The van der Waals surface area contributed by atoms with E-state index in [1.54, 1.807) is 12.1 Å². The maximum Gasteiger partial charge on any atom is 0.305 e. The molecule has 1 fully saturated rings. The summed E-state index contributed by atoms with van der Waals surface area (Å²) in [5.74, 6) is -0.814. The van der Waals surface area contributed by atoms with E-state index in [-0.39, 0.29) is 25.5 Å². The van der Waals surface area contributed by atoms with Gasteiger partial charge < -0.3 is 19.9 Å². The molecule has 132 valence electrons. The molecule has 1 heterocycles. The van der Waals surface area contributed by atoms with Crippen LogP contribution in [0, 0.1) is 0 Å². The summed E-state index contributed by atoms with van der Waals surface area (Å²) in [5, 5.41) is 14.1. The average Bonchev–Trinajstić information content (AvgIpc) is 3.01. The predicted molar refractivity (Wildman–Crippen MR) is 93.0 cm³/mol. The molecule has 7 heteroatoms. The number of carboxylic acids is 1. The number of rotatable bonds is 6. The largest absolute Gasteiger partial charge is 0.483 e. The highest BCUT2D eigenvalue weighted by Crippen LogP contribution is 2.31. The third-order valence-corrected chi connectivity index (χ3v) is 4.52. The van der Waals surface area contributed by atoms with E-state index in [1.165, 1.54) is 0 Å². The monoisotopic (exact) mass is 363 g/mol. The first kappa shape index (κ1) is 17.5. The van der Waals surface area contributed by atoms with Crippen LogP contribution in [0.1, 0.15) is 12.8 Å². The molecule has 1 atom stereocenters. The van der Waals surface area contributed by atoms with Crippen LogP contribution in [0.5, 0.6) is 5.75 Å². The minimum atomic E-state index is -0.976. The van der Waals surface area contributed by atoms with Gasteiger partial charge in [-0.1, -0.05) is 35.9 Å². The highest BCUT2D eigenvalue weighted by atomic mass is 35.5. The van der Waals surface area contributed by atoms with Crippen LogP contribution < -0.4 is 10.1 Å². The fraction of sp³-hybridized carbons (Fsp3) is 0.333. The van der Waals surface area contributed by atoms with Crippen LogP contribution in [0.4, 0.5) is 0 Å². The standard InChI is InChI=1S/C18H18ClNO5/c19-14-5-6-15(13-4-2-1-3-12(13)14)25-10-16(21)20-18(9-17(22)23)7-8-24-11-18/h1-6H,7-11H2,(H,20,21)(H,22,23). The van der Waals surface area contributed by atoms with Gasteiger partial charge in [0.05, 0.1) is 18.6 Å². The number of hydrogen-bond acceptors (Lipinski definition) is 4. The predicted octanol–water partition coefficient (Wildman–Crippen LogP) is 2.62. The van der Waals surface area contributed by atoms with Gasteiger partial charge in [0.2, 0.25) is 0 Å². The zero-order chi connectivity index (χ0) is 17.9. The number of fused-ring (bicyclic) bond motifs is 1. The molecule has 0 saturated carbocycles. The molecule has 0 radical (unpaired) electrons. The molecule has 25 heavy (non-hydrogen) atoms. The van der Waals surface area contributed by atoms with Crippen LogP contribution in [0.15, 0.2) is 36.4 Å². The molecule has 1 aliphatic heterocycles. The van der Waals surface area contributed by atoms with Gasteiger partial charge in [0.25, 0.3) is 5.91 Å². The number of nitrogens with one attached hydrogen (secondary N) is 1. The molecule has 1 saturated heterocycles. The molecule has 0 aliphatic carbocycles. The fourth-order valence-electron chi connectivity index (χ4n) is 3.01. The summed E-state index contributed by atoms with van der Waals surface area (Å²) in [6.45, 7) is 0.401. The third kappa shape index (κ3) is 4.03. The van der Waals surface area contributed by atoms with Gasteiger partial charge in [0.1, 0.15) is 5.75 Å². The highest BCUT2D eigenvalue weighted by Gasteiger charge is 2.38. The van der Waals surface area contributed by atoms with Gasteiger partial charge in [-0.2, -0.15) is 0 Å². The lowest BCUT2D eigenvalue weighted by molar-refractivity contribution is -0.139. The third-order valence-electron chi connectivity index (χ3n) is 4.19. The van der Waals surface area contributed by atoms with Gasteiger partial charge >= 0.3 is 5.97 Å². The Bertz CT molecular complexity index is 801. The number of carboxylic acid groups (broad SMARTS) is 1. The van der Waals surface area contributed by atoms with Gasteiger partial charge in [0, 0.05) is 22.4 Å². The van der Waals surface area contributed by atoms with E-state index in [9.17, 15) is 9.59 Å². The Morgan fingerprint density at radius 1 is 1.24 bits per heavy atom.